The van der Waals surface area contributed by atoms with Gasteiger partial charge in [-0.05, 0) is 18.2 Å². The van der Waals surface area contributed by atoms with Gasteiger partial charge in [-0.2, -0.15) is 0 Å². The van der Waals surface area contributed by atoms with Crippen LogP contribution in [0.2, 0.25) is 0 Å². The first-order valence-corrected chi connectivity index (χ1v) is 7.66. The lowest BCUT2D eigenvalue weighted by molar-refractivity contribution is -0.385. The molecule has 10 heteroatoms. The van der Waals surface area contributed by atoms with Crippen molar-refractivity contribution in [2.75, 3.05) is 12.4 Å². The highest BCUT2D eigenvalue weighted by Gasteiger charge is 2.20. The first kappa shape index (κ1) is 17.7. The molecule has 1 N–H and O–H groups in total. The first-order chi connectivity index (χ1) is 13.0. The molecule has 27 heavy (non-hydrogen) atoms. The minimum atomic E-state index is -0.650. The fourth-order valence-corrected chi connectivity index (χ4v) is 2.37. The molecular weight excluding hydrogens is 354 g/mol. The Labute approximate surface area is 152 Å². The van der Waals surface area contributed by atoms with Gasteiger partial charge in [0.15, 0.2) is 5.69 Å². The van der Waals surface area contributed by atoms with Gasteiger partial charge in [-0.1, -0.05) is 29.5 Å². The van der Waals surface area contributed by atoms with E-state index in [1.807, 2.05) is 0 Å². The number of carbonyl (C=O) groups is 2. The number of esters is 1. The predicted molar refractivity (Wildman–Crippen MR) is 93.7 cm³/mol. The number of benzene rings is 2. The van der Waals surface area contributed by atoms with Crippen molar-refractivity contribution in [3.63, 3.8) is 0 Å². The van der Waals surface area contributed by atoms with Crippen molar-refractivity contribution in [3.8, 4) is 5.69 Å². The summed E-state index contributed by atoms with van der Waals surface area (Å²) in [5.74, 6) is -1.30. The van der Waals surface area contributed by atoms with Gasteiger partial charge in [0.25, 0.3) is 11.6 Å². The molecule has 3 rings (SSSR count). The highest BCUT2D eigenvalue weighted by molar-refractivity contribution is 6.07. The molecule has 0 aliphatic rings. The number of rotatable bonds is 5. The average Bonchev–Trinajstić information content (AvgIpc) is 3.17. The van der Waals surface area contributed by atoms with Crippen LogP contribution in [0.3, 0.4) is 0 Å². The molecule has 0 atom stereocenters. The van der Waals surface area contributed by atoms with Crippen LogP contribution in [0.1, 0.15) is 20.8 Å². The topological polar surface area (TPSA) is 129 Å². The fraction of sp³-hybridized carbons (Fsp3) is 0.0588. The highest BCUT2D eigenvalue weighted by Crippen LogP contribution is 2.23. The lowest BCUT2D eigenvalue weighted by Gasteiger charge is -2.10. The van der Waals surface area contributed by atoms with E-state index in [0.717, 1.165) is 0 Å². The third kappa shape index (κ3) is 3.63. The molecule has 1 aromatic heterocycles. The minimum absolute atomic E-state index is 0.00248. The Morgan fingerprint density at radius 3 is 2.59 bits per heavy atom. The fourth-order valence-electron chi connectivity index (χ4n) is 2.37. The maximum Gasteiger partial charge on any atom is 0.360 e. The van der Waals surface area contributed by atoms with Gasteiger partial charge in [0.05, 0.1) is 29.6 Å². The largest absolute Gasteiger partial charge is 0.464 e. The second-order valence-corrected chi connectivity index (χ2v) is 5.29. The van der Waals surface area contributed by atoms with Crippen molar-refractivity contribution in [1.82, 2.24) is 15.0 Å². The summed E-state index contributed by atoms with van der Waals surface area (Å²) in [4.78, 5) is 34.6. The lowest BCUT2D eigenvalue weighted by atomic mass is 10.1. The van der Waals surface area contributed by atoms with Gasteiger partial charge in [-0.15, -0.1) is 5.10 Å². The molecule has 1 heterocycles. The molecule has 1 amide bonds. The number of nitro benzene ring substituents is 1. The van der Waals surface area contributed by atoms with Gasteiger partial charge in [0.2, 0.25) is 0 Å². The monoisotopic (exact) mass is 367 g/mol. The predicted octanol–water partition coefficient (Wildman–Crippen LogP) is 2.21. The van der Waals surface area contributed by atoms with Gasteiger partial charge in [0, 0.05) is 6.07 Å². The van der Waals surface area contributed by atoms with E-state index in [-0.39, 0.29) is 16.9 Å². The van der Waals surface area contributed by atoms with Gasteiger partial charge in [0.1, 0.15) is 5.56 Å². The molecule has 0 radical (unpaired) electrons. The average molecular weight is 367 g/mol. The van der Waals surface area contributed by atoms with E-state index < -0.39 is 16.8 Å². The summed E-state index contributed by atoms with van der Waals surface area (Å²) in [7, 11) is 1.22. The molecule has 3 aromatic rings. The third-order valence-corrected chi connectivity index (χ3v) is 3.63. The van der Waals surface area contributed by atoms with Gasteiger partial charge in [-0.25, -0.2) is 9.48 Å². The molecular formula is C17H13N5O5. The van der Waals surface area contributed by atoms with Crippen molar-refractivity contribution >= 4 is 23.3 Å². The van der Waals surface area contributed by atoms with Crippen LogP contribution in [-0.2, 0) is 4.74 Å². The molecule has 0 unspecified atom stereocenters. The number of aromatic nitrogens is 3. The molecule has 0 aliphatic carbocycles. The van der Waals surface area contributed by atoms with Crippen LogP contribution in [0.25, 0.3) is 5.69 Å². The Balaban J connectivity index is 1.93. The minimum Gasteiger partial charge on any atom is -0.464 e. The smallest absolute Gasteiger partial charge is 0.360 e. The Hall–Kier alpha value is -4.08. The summed E-state index contributed by atoms with van der Waals surface area (Å²) >= 11 is 0. The van der Waals surface area contributed by atoms with E-state index >= 15 is 0 Å². The zero-order chi connectivity index (χ0) is 19.4. The number of ether oxygens (including phenoxy) is 1. The van der Waals surface area contributed by atoms with Gasteiger partial charge in [-0.3, -0.25) is 14.9 Å². The standard InChI is InChI=1S/C17H13N5O5/c1-27-17(24)13-10-21(20-19-13)15-9-5-3-7-12(15)18-16(23)11-6-2-4-8-14(11)22(25)26/h2-10H,1H3,(H,18,23). The summed E-state index contributed by atoms with van der Waals surface area (Å²) in [6.45, 7) is 0. The van der Waals surface area contributed by atoms with Crippen molar-refractivity contribution in [1.29, 1.82) is 0 Å². The summed E-state index contributed by atoms with van der Waals surface area (Å²) in [6.07, 6.45) is 1.35. The zero-order valence-electron chi connectivity index (χ0n) is 14.0. The molecule has 136 valence electrons. The number of nitrogens with one attached hydrogen (secondary N) is 1. The Bertz CT molecular complexity index is 1030. The van der Waals surface area contributed by atoms with Crippen LogP contribution in [-0.4, -0.2) is 38.9 Å². The number of carbonyl (C=O) groups excluding carboxylic acids is 2. The van der Waals surface area contributed by atoms with Gasteiger partial charge < -0.3 is 10.1 Å². The molecule has 0 aliphatic heterocycles. The Morgan fingerprint density at radius 2 is 1.85 bits per heavy atom. The van der Waals surface area contributed by atoms with Crippen LogP contribution in [0, 0.1) is 10.1 Å². The number of anilines is 1. The lowest BCUT2D eigenvalue weighted by Crippen LogP contribution is -2.15. The first-order valence-electron chi connectivity index (χ1n) is 7.66. The summed E-state index contributed by atoms with van der Waals surface area (Å²) in [5, 5.41) is 21.3. The van der Waals surface area contributed by atoms with Crippen molar-refractivity contribution in [3.05, 3.63) is 76.1 Å². The maximum absolute atomic E-state index is 12.5. The highest BCUT2D eigenvalue weighted by atomic mass is 16.6. The molecule has 10 nitrogen and oxygen atoms in total. The number of nitrogens with zero attached hydrogens (tertiary/aromatic N) is 4. The number of methoxy groups -OCH3 is 1. The van der Waals surface area contributed by atoms with Crippen molar-refractivity contribution < 1.29 is 19.2 Å². The summed E-state index contributed by atoms with van der Waals surface area (Å²) < 4.78 is 5.88. The maximum atomic E-state index is 12.5. The quantitative estimate of drug-likeness (QED) is 0.416. The van der Waals surface area contributed by atoms with Crippen LogP contribution >= 0.6 is 0 Å². The third-order valence-electron chi connectivity index (χ3n) is 3.63. The Morgan fingerprint density at radius 1 is 1.15 bits per heavy atom. The second kappa shape index (κ2) is 7.44. The van der Waals surface area contributed by atoms with E-state index in [2.05, 4.69) is 20.4 Å². The number of nitro groups is 1. The zero-order valence-corrected chi connectivity index (χ0v) is 14.0. The molecule has 0 spiro atoms. The van der Waals surface area contributed by atoms with E-state index in [1.54, 1.807) is 24.3 Å². The number of amides is 1. The van der Waals surface area contributed by atoms with Crippen molar-refractivity contribution in [2.24, 2.45) is 0 Å². The van der Waals surface area contributed by atoms with Crippen LogP contribution in [0.5, 0.6) is 0 Å². The van der Waals surface area contributed by atoms with Crippen LogP contribution < -0.4 is 5.32 Å². The van der Waals surface area contributed by atoms with Crippen LogP contribution in [0.15, 0.2) is 54.7 Å². The van der Waals surface area contributed by atoms with E-state index in [1.165, 1.54) is 42.3 Å². The SMILES string of the molecule is COC(=O)c1cn(-c2ccccc2NC(=O)c2ccccc2[N+](=O)[O-])nn1. The van der Waals surface area contributed by atoms with Crippen molar-refractivity contribution in [2.45, 2.75) is 0 Å². The Kier molecular flexibility index (Phi) is 4.88. The molecule has 0 fully saturated rings. The summed E-state index contributed by atoms with van der Waals surface area (Å²) in [5.41, 5.74) is 0.374. The summed E-state index contributed by atoms with van der Waals surface area (Å²) in [6, 6.07) is 12.3. The number of hydrogen-bond acceptors (Lipinski definition) is 7. The van der Waals surface area contributed by atoms with E-state index in [0.29, 0.717) is 11.4 Å². The molecule has 0 bridgehead atoms. The van der Waals surface area contributed by atoms with E-state index in [4.69, 9.17) is 0 Å². The molecule has 0 saturated heterocycles. The molecule has 0 saturated carbocycles. The van der Waals surface area contributed by atoms with Crippen LogP contribution in [0.4, 0.5) is 11.4 Å². The molecule has 2 aromatic carbocycles. The number of para-hydroxylation sites is 3. The number of hydrogen-bond donors (Lipinski definition) is 1. The van der Waals surface area contributed by atoms with Gasteiger partial charge >= 0.3 is 5.97 Å². The van der Waals surface area contributed by atoms with E-state index in [9.17, 15) is 19.7 Å². The normalized spacial score (nSPS) is 10.3. The second-order valence-electron chi connectivity index (χ2n) is 5.29.